The fraction of sp³-hybridized carbons (Fsp3) is 0.286. The molecule has 5 nitrogen and oxygen atoms in total. The highest BCUT2D eigenvalue weighted by molar-refractivity contribution is 5.68. The number of nitrogens with zero attached hydrogens (tertiary/aromatic N) is 3. The molecule has 1 unspecified atom stereocenters. The molecule has 0 aromatic carbocycles. The fourth-order valence-corrected chi connectivity index (χ4v) is 0.950. The molecule has 0 bridgehead atoms. The van der Waals surface area contributed by atoms with E-state index >= 15 is 0 Å². The third-order valence-electron chi connectivity index (χ3n) is 1.57. The lowest BCUT2D eigenvalue weighted by atomic mass is 10.4. The highest BCUT2D eigenvalue weighted by Gasteiger charge is 2.05. The van der Waals surface area contributed by atoms with Crippen molar-refractivity contribution in [1.82, 2.24) is 19.9 Å². The summed E-state index contributed by atoms with van der Waals surface area (Å²) in [4.78, 5) is 14.8. The minimum atomic E-state index is -0.647. The number of H-pyrrole nitrogens is 1. The van der Waals surface area contributed by atoms with Crippen molar-refractivity contribution in [2.45, 2.75) is 13.0 Å². The van der Waals surface area contributed by atoms with Crippen molar-refractivity contribution in [2.75, 3.05) is 0 Å². The van der Waals surface area contributed by atoms with Crippen LogP contribution < -0.4 is 0 Å². The largest absolute Gasteiger partial charge is 0.385 e. The molecule has 2 N–H and O–H groups in total. The second-order valence-corrected chi connectivity index (χ2v) is 2.54. The zero-order chi connectivity index (χ0) is 8.55. The van der Waals surface area contributed by atoms with E-state index in [-0.39, 0.29) is 0 Å². The zero-order valence-corrected chi connectivity index (χ0v) is 6.52. The summed E-state index contributed by atoms with van der Waals surface area (Å²) in [5.41, 5.74) is 1.36. The fourth-order valence-electron chi connectivity index (χ4n) is 0.950. The molecule has 0 saturated carbocycles. The van der Waals surface area contributed by atoms with Gasteiger partial charge in [0.1, 0.15) is 11.6 Å². The molecule has 0 radical (unpaired) electrons. The van der Waals surface area contributed by atoms with Gasteiger partial charge in [0.2, 0.25) is 0 Å². The molecule has 0 amide bonds. The van der Waals surface area contributed by atoms with Crippen LogP contribution in [0.5, 0.6) is 0 Å². The second-order valence-electron chi connectivity index (χ2n) is 2.54. The summed E-state index contributed by atoms with van der Waals surface area (Å²) in [6.45, 7) is 1.62. The van der Waals surface area contributed by atoms with Gasteiger partial charge < -0.3 is 10.1 Å². The average Bonchev–Trinajstić information content (AvgIpc) is 2.49. The van der Waals surface area contributed by atoms with Crippen molar-refractivity contribution < 1.29 is 5.11 Å². The van der Waals surface area contributed by atoms with Crippen LogP contribution in [-0.4, -0.2) is 25.0 Å². The van der Waals surface area contributed by atoms with Gasteiger partial charge in [-0.05, 0) is 6.92 Å². The van der Waals surface area contributed by atoms with Crippen LogP contribution in [0.2, 0.25) is 0 Å². The summed E-state index contributed by atoms with van der Waals surface area (Å²) >= 11 is 0. The van der Waals surface area contributed by atoms with E-state index in [1.165, 1.54) is 0 Å². The molecule has 0 aliphatic carbocycles. The molecular weight excluding hydrogens is 156 g/mol. The molecule has 0 aliphatic rings. The monoisotopic (exact) mass is 164 g/mol. The lowest BCUT2D eigenvalue weighted by molar-refractivity contribution is 0.189. The minimum absolute atomic E-state index is 0.398. The molecule has 2 heterocycles. The van der Waals surface area contributed by atoms with Gasteiger partial charge in [0.25, 0.3) is 0 Å². The van der Waals surface area contributed by atoms with Crippen LogP contribution in [0.1, 0.15) is 18.9 Å². The van der Waals surface area contributed by atoms with Gasteiger partial charge >= 0.3 is 0 Å². The smallest absolute Gasteiger partial charge is 0.180 e. The van der Waals surface area contributed by atoms with Gasteiger partial charge in [-0.25, -0.2) is 15.0 Å². The van der Waals surface area contributed by atoms with E-state index in [4.69, 9.17) is 5.11 Å². The number of fused-ring (bicyclic) bond motifs is 1. The van der Waals surface area contributed by atoms with Crippen LogP contribution in [0.25, 0.3) is 11.2 Å². The van der Waals surface area contributed by atoms with Crippen LogP contribution in [-0.2, 0) is 0 Å². The standard InChI is InChI=1S/C7H8N4O/c1-4(12)6-8-2-5-7(11-6)10-3-9-5/h2-4,12H,1H3,(H,8,9,10,11). The first-order valence-electron chi connectivity index (χ1n) is 3.61. The predicted octanol–water partition coefficient (Wildman–Crippen LogP) is 0.406. The van der Waals surface area contributed by atoms with Crippen molar-refractivity contribution in [2.24, 2.45) is 0 Å². The first kappa shape index (κ1) is 7.17. The van der Waals surface area contributed by atoms with E-state index in [9.17, 15) is 0 Å². The Morgan fingerprint density at radius 2 is 2.33 bits per heavy atom. The molecule has 0 fully saturated rings. The maximum Gasteiger partial charge on any atom is 0.180 e. The summed E-state index contributed by atoms with van der Waals surface area (Å²) in [5, 5.41) is 9.16. The summed E-state index contributed by atoms with van der Waals surface area (Å²) in [6.07, 6.45) is 2.51. The first-order chi connectivity index (χ1) is 5.77. The third-order valence-corrected chi connectivity index (χ3v) is 1.57. The maximum absolute atomic E-state index is 9.16. The molecule has 0 saturated heterocycles. The molecular formula is C7H8N4O. The van der Waals surface area contributed by atoms with E-state index < -0.39 is 6.10 Å². The molecule has 2 aromatic heterocycles. The van der Waals surface area contributed by atoms with Crippen molar-refractivity contribution in [3.8, 4) is 0 Å². The summed E-state index contributed by atoms with van der Waals surface area (Å²) in [6, 6.07) is 0. The lowest BCUT2D eigenvalue weighted by Crippen LogP contribution is -1.98. The summed E-state index contributed by atoms with van der Waals surface area (Å²) < 4.78 is 0. The van der Waals surface area contributed by atoms with Crippen LogP contribution in [0.4, 0.5) is 0 Å². The van der Waals surface area contributed by atoms with Gasteiger partial charge in [0.05, 0.1) is 12.5 Å². The number of hydrogen-bond donors (Lipinski definition) is 2. The van der Waals surface area contributed by atoms with Gasteiger partial charge in [-0.2, -0.15) is 0 Å². The molecule has 62 valence electrons. The molecule has 12 heavy (non-hydrogen) atoms. The van der Waals surface area contributed by atoms with Crippen molar-refractivity contribution in [1.29, 1.82) is 0 Å². The number of hydrogen-bond acceptors (Lipinski definition) is 4. The first-order valence-corrected chi connectivity index (χ1v) is 3.61. The van der Waals surface area contributed by atoms with E-state index in [1.807, 2.05) is 0 Å². The Kier molecular flexibility index (Phi) is 1.51. The van der Waals surface area contributed by atoms with Crippen LogP contribution in [0.15, 0.2) is 12.5 Å². The van der Waals surface area contributed by atoms with Gasteiger partial charge in [-0.15, -0.1) is 0 Å². The van der Waals surface area contributed by atoms with E-state index in [2.05, 4.69) is 19.9 Å². The number of nitrogens with one attached hydrogen (secondary N) is 1. The van der Waals surface area contributed by atoms with Crippen molar-refractivity contribution >= 4 is 11.2 Å². The van der Waals surface area contributed by atoms with Gasteiger partial charge in [-0.3, -0.25) is 0 Å². The topological polar surface area (TPSA) is 74.7 Å². The van der Waals surface area contributed by atoms with E-state index in [0.717, 1.165) is 5.52 Å². The highest BCUT2D eigenvalue weighted by atomic mass is 16.3. The Bertz CT molecular complexity index is 395. The lowest BCUT2D eigenvalue weighted by Gasteiger charge is -1.99. The molecule has 2 rings (SSSR count). The van der Waals surface area contributed by atoms with Gasteiger partial charge in [0, 0.05) is 0 Å². The summed E-state index contributed by atoms with van der Waals surface area (Å²) in [7, 11) is 0. The van der Waals surface area contributed by atoms with E-state index in [0.29, 0.717) is 11.5 Å². The Hall–Kier alpha value is -1.49. The number of rotatable bonds is 1. The molecule has 0 aliphatic heterocycles. The number of aliphatic hydroxyl groups excluding tert-OH is 1. The number of aromatic nitrogens is 4. The maximum atomic E-state index is 9.16. The van der Waals surface area contributed by atoms with Crippen molar-refractivity contribution in [3.63, 3.8) is 0 Å². The number of aliphatic hydroxyl groups is 1. The van der Waals surface area contributed by atoms with Crippen LogP contribution in [0.3, 0.4) is 0 Å². The Morgan fingerprint density at radius 3 is 3.08 bits per heavy atom. The summed E-state index contributed by atoms with van der Waals surface area (Å²) in [5.74, 6) is 0.398. The normalized spacial score (nSPS) is 13.5. The Morgan fingerprint density at radius 1 is 1.50 bits per heavy atom. The van der Waals surface area contributed by atoms with Gasteiger partial charge in [0.15, 0.2) is 11.5 Å². The molecule has 0 spiro atoms. The number of imidazole rings is 1. The quantitative estimate of drug-likeness (QED) is 0.640. The van der Waals surface area contributed by atoms with Crippen molar-refractivity contribution in [3.05, 3.63) is 18.3 Å². The zero-order valence-electron chi connectivity index (χ0n) is 6.52. The van der Waals surface area contributed by atoms with Gasteiger partial charge in [-0.1, -0.05) is 0 Å². The Labute approximate surface area is 68.5 Å². The van der Waals surface area contributed by atoms with Crippen LogP contribution >= 0.6 is 0 Å². The molecule has 1 atom stereocenters. The third kappa shape index (κ3) is 1.04. The predicted molar refractivity (Wildman–Crippen MR) is 42.3 cm³/mol. The van der Waals surface area contributed by atoms with Crippen LogP contribution in [0, 0.1) is 0 Å². The van der Waals surface area contributed by atoms with E-state index in [1.54, 1.807) is 19.4 Å². The molecule has 5 heteroatoms. The minimum Gasteiger partial charge on any atom is -0.385 e. The number of aromatic amines is 1. The SMILES string of the molecule is CC(O)c1ncc2[nH]cnc2n1. The Balaban J connectivity index is 2.60. The highest BCUT2D eigenvalue weighted by Crippen LogP contribution is 2.09. The second kappa shape index (κ2) is 2.53. The average molecular weight is 164 g/mol. The molecule has 2 aromatic rings.